The molecule has 5 heteroatoms. The second-order valence-corrected chi connectivity index (χ2v) is 6.43. The number of rotatable bonds is 3. The molecule has 0 aliphatic carbocycles. The van der Waals surface area contributed by atoms with Gasteiger partial charge in [-0.05, 0) is 42.7 Å². The smallest absolute Gasteiger partial charge is 0.228 e. The quantitative estimate of drug-likeness (QED) is 0.880. The topological polar surface area (TPSA) is 47.6 Å². The summed E-state index contributed by atoms with van der Waals surface area (Å²) in [6.07, 6.45) is 0.269. The Kier molecular flexibility index (Phi) is 4.57. The molecule has 1 heterocycles. The number of halogens is 1. The van der Waals surface area contributed by atoms with Gasteiger partial charge in [0.2, 0.25) is 5.91 Å². The SMILES string of the molecule is Cc1cccc(C)c1NC(=O)Cc1cc2c(cc1Br)OCCO2. The summed E-state index contributed by atoms with van der Waals surface area (Å²) in [7, 11) is 0. The molecule has 0 aromatic heterocycles. The maximum absolute atomic E-state index is 12.4. The Morgan fingerprint density at radius 1 is 1.13 bits per heavy atom. The van der Waals surface area contributed by atoms with Crippen molar-refractivity contribution in [3.63, 3.8) is 0 Å². The minimum atomic E-state index is -0.0558. The van der Waals surface area contributed by atoms with Crippen LogP contribution < -0.4 is 14.8 Å². The maximum Gasteiger partial charge on any atom is 0.228 e. The number of carbonyl (C=O) groups excluding carboxylic acids is 1. The lowest BCUT2D eigenvalue weighted by Crippen LogP contribution is -2.18. The molecule has 0 saturated carbocycles. The number of nitrogens with one attached hydrogen (secondary N) is 1. The Labute approximate surface area is 143 Å². The second-order valence-electron chi connectivity index (χ2n) is 5.58. The minimum Gasteiger partial charge on any atom is -0.486 e. The molecule has 2 aromatic rings. The normalized spacial score (nSPS) is 12.8. The van der Waals surface area contributed by atoms with Crippen LogP contribution >= 0.6 is 15.9 Å². The van der Waals surface area contributed by atoms with Crippen molar-refractivity contribution in [3.8, 4) is 11.5 Å². The number of para-hydroxylation sites is 1. The standard InChI is InChI=1S/C18H18BrNO3/c1-11-4-3-5-12(2)18(11)20-17(21)9-13-8-15-16(10-14(13)19)23-7-6-22-15/h3-5,8,10H,6-7,9H2,1-2H3,(H,20,21). The third-order valence-electron chi connectivity index (χ3n) is 3.81. The van der Waals surface area contributed by atoms with Crippen LogP contribution in [-0.4, -0.2) is 19.1 Å². The van der Waals surface area contributed by atoms with Crippen LogP contribution in [0.2, 0.25) is 0 Å². The number of benzene rings is 2. The van der Waals surface area contributed by atoms with E-state index in [1.807, 2.05) is 44.2 Å². The summed E-state index contributed by atoms with van der Waals surface area (Å²) < 4.78 is 12.0. The monoisotopic (exact) mass is 375 g/mol. The van der Waals surface area contributed by atoms with Gasteiger partial charge < -0.3 is 14.8 Å². The van der Waals surface area contributed by atoms with E-state index in [2.05, 4.69) is 21.2 Å². The van der Waals surface area contributed by atoms with Crippen LogP contribution in [0.4, 0.5) is 5.69 Å². The fraction of sp³-hybridized carbons (Fsp3) is 0.278. The number of anilines is 1. The first-order valence-electron chi connectivity index (χ1n) is 7.48. The molecule has 4 nitrogen and oxygen atoms in total. The van der Waals surface area contributed by atoms with Crippen LogP contribution in [0.1, 0.15) is 16.7 Å². The second kappa shape index (κ2) is 6.62. The zero-order valence-electron chi connectivity index (χ0n) is 13.1. The lowest BCUT2D eigenvalue weighted by atomic mass is 10.1. The molecule has 0 bridgehead atoms. The maximum atomic E-state index is 12.4. The Bertz CT molecular complexity index is 738. The van der Waals surface area contributed by atoms with Crippen LogP contribution in [0, 0.1) is 13.8 Å². The molecule has 2 aromatic carbocycles. The van der Waals surface area contributed by atoms with Gasteiger partial charge in [-0.3, -0.25) is 4.79 Å². The number of fused-ring (bicyclic) bond motifs is 1. The van der Waals surface area contributed by atoms with Crippen molar-refractivity contribution in [3.05, 3.63) is 51.5 Å². The zero-order chi connectivity index (χ0) is 16.4. The Morgan fingerprint density at radius 3 is 2.39 bits per heavy atom. The highest BCUT2D eigenvalue weighted by molar-refractivity contribution is 9.10. The van der Waals surface area contributed by atoms with Gasteiger partial charge in [0.25, 0.3) is 0 Å². The van der Waals surface area contributed by atoms with Crippen molar-refractivity contribution in [2.24, 2.45) is 0 Å². The molecule has 23 heavy (non-hydrogen) atoms. The molecule has 0 radical (unpaired) electrons. The van der Waals surface area contributed by atoms with Gasteiger partial charge >= 0.3 is 0 Å². The molecular weight excluding hydrogens is 358 g/mol. The summed E-state index contributed by atoms with van der Waals surface area (Å²) in [4.78, 5) is 12.4. The lowest BCUT2D eigenvalue weighted by molar-refractivity contribution is -0.115. The van der Waals surface area contributed by atoms with Crippen molar-refractivity contribution in [2.45, 2.75) is 20.3 Å². The molecule has 1 amide bonds. The summed E-state index contributed by atoms with van der Waals surface area (Å²) in [5, 5.41) is 3.00. The number of hydrogen-bond donors (Lipinski definition) is 1. The molecule has 1 aliphatic heterocycles. The molecule has 120 valence electrons. The number of amides is 1. The van der Waals surface area contributed by atoms with E-state index in [-0.39, 0.29) is 12.3 Å². The van der Waals surface area contributed by atoms with E-state index >= 15 is 0 Å². The fourth-order valence-corrected chi connectivity index (χ4v) is 3.07. The molecule has 1 aliphatic rings. The molecule has 1 N–H and O–H groups in total. The molecule has 0 unspecified atom stereocenters. The van der Waals surface area contributed by atoms with Gasteiger partial charge in [-0.2, -0.15) is 0 Å². The third kappa shape index (κ3) is 3.50. The van der Waals surface area contributed by atoms with E-state index < -0.39 is 0 Å². The van der Waals surface area contributed by atoms with E-state index in [1.165, 1.54) is 0 Å². The zero-order valence-corrected chi connectivity index (χ0v) is 14.7. The highest BCUT2D eigenvalue weighted by Crippen LogP contribution is 2.35. The van der Waals surface area contributed by atoms with E-state index in [0.717, 1.165) is 26.9 Å². The van der Waals surface area contributed by atoms with Crippen molar-refractivity contribution in [2.75, 3.05) is 18.5 Å². The van der Waals surface area contributed by atoms with Gasteiger partial charge in [0.15, 0.2) is 11.5 Å². The first kappa shape index (κ1) is 15.9. The summed E-state index contributed by atoms with van der Waals surface area (Å²) in [5.74, 6) is 1.34. The summed E-state index contributed by atoms with van der Waals surface area (Å²) in [5.41, 5.74) is 3.86. The minimum absolute atomic E-state index is 0.0558. The molecule has 0 atom stereocenters. The van der Waals surface area contributed by atoms with Gasteiger partial charge in [-0.15, -0.1) is 0 Å². The van der Waals surface area contributed by atoms with Gasteiger partial charge in [0.05, 0.1) is 6.42 Å². The number of hydrogen-bond acceptors (Lipinski definition) is 3. The average Bonchev–Trinajstić information content (AvgIpc) is 2.52. The lowest BCUT2D eigenvalue weighted by Gasteiger charge is -2.20. The summed E-state index contributed by atoms with van der Waals surface area (Å²) >= 11 is 3.50. The van der Waals surface area contributed by atoms with Crippen LogP contribution in [0.5, 0.6) is 11.5 Å². The molecule has 3 rings (SSSR count). The van der Waals surface area contributed by atoms with Crippen molar-refractivity contribution in [1.29, 1.82) is 0 Å². The predicted octanol–water partition coefficient (Wildman–Crippen LogP) is 4.02. The summed E-state index contributed by atoms with van der Waals surface area (Å²) in [6, 6.07) is 9.68. The number of ether oxygens (including phenoxy) is 2. The van der Waals surface area contributed by atoms with Crippen molar-refractivity contribution < 1.29 is 14.3 Å². The Hall–Kier alpha value is -2.01. The van der Waals surface area contributed by atoms with Crippen molar-refractivity contribution >= 4 is 27.5 Å². The number of carbonyl (C=O) groups is 1. The highest BCUT2D eigenvalue weighted by Gasteiger charge is 2.17. The third-order valence-corrected chi connectivity index (χ3v) is 4.55. The van der Waals surface area contributed by atoms with Gasteiger partial charge in [0, 0.05) is 10.2 Å². The average molecular weight is 376 g/mol. The molecule has 0 spiro atoms. The summed E-state index contributed by atoms with van der Waals surface area (Å²) in [6.45, 7) is 5.06. The van der Waals surface area contributed by atoms with E-state index in [1.54, 1.807) is 0 Å². The van der Waals surface area contributed by atoms with Gasteiger partial charge in [-0.1, -0.05) is 34.1 Å². The largest absolute Gasteiger partial charge is 0.486 e. The first-order valence-corrected chi connectivity index (χ1v) is 8.28. The molecule has 0 fully saturated rings. The first-order chi connectivity index (χ1) is 11.0. The molecule has 0 saturated heterocycles. The fourth-order valence-electron chi connectivity index (χ4n) is 2.61. The van der Waals surface area contributed by atoms with Crippen molar-refractivity contribution in [1.82, 2.24) is 0 Å². The van der Waals surface area contributed by atoms with E-state index in [4.69, 9.17) is 9.47 Å². The van der Waals surface area contributed by atoms with Crippen LogP contribution in [0.25, 0.3) is 0 Å². The predicted molar refractivity (Wildman–Crippen MR) is 93.4 cm³/mol. The highest BCUT2D eigenvalue weighted by atomic mass is 79.9. The van der Waals surface area contributed by atoms with Crippen LogP contribution in [0.3, 0.4) is 0 Å². The molecular formula is C18H18BrNO3. The Balaban J connectivity index is 1.78. The van der Waals surface area contributed by atoms with Crippen LogP contribution in [-0.2, 0) is 11.2 Å². The van der Waals surface area contributed by atoms with E-state index in [9.17, 15) is 4.79 Å². The van der Waals surface area contributed by atoms with Gasteiger partial charge in [-0.25, -0.2) is 0 Å². The Morgan fingerprint density at radius 2 is 1.74 bits per heavy atom. The van der Waals surface area contributed by atoms with E-state index in [0.29, 0.717) is 24.7 Å². The van der Waals surface area contributed by atoms with Crippen LogP contribution in [0.15, 0.2) is 34.8 Å². The number of aryl methyl sites for hydroxylation is 2. The van der Waals surface area contributed by atoms with Gasteiger partial charge in [0.1, 0.15) is 13.2 Å².